The van der Waals surface area contributed by atoms with Crippen molar-refractivity contribution in [1.29, 1.82) is 0 Å². The number of hydrogen-bond donors (Lipinski definition) is 1. The van der Waals surface area contributed by atoms with Crippen molar-refractivity contribution in [3.63, 3.8) is 0 Å². The highest BCUT2D eigenvalue weighted by Crippen LogP contribution is 2.38. The highest BCUT2D eigenvalue weighted by atomic mass is 28.4. The van der Waals surface area contributed by atoms with Crippen molar-refractivity contribution in [3.8, 4) is 0 Å². The van der Waals surface area contributed by atoms with Crippen LogP contribution in [0.15, 0.2) is 20.9 Å². The molecule has 1 fully saturated rings. The molecule has 2 rings (SSSR count). The summed E-state index contributed by atoms with van der Waals surface area (Å²) >= 11 is 0. The summed E-state index contributed by atoms with van der Waals surface area (Å²) in [4.78, 5) is 31.9. The lowest BCUT2D eigenvalue weighted by Crippen LogP contribution is -2.44. The molecule has 1 N–H and O–H groups in total. The van der Waals surface area contributed by atoms with Crippen LogP contribution in [0.5, 0.6) is 0 Å². The van der Waals surface area contributed by atoms with Crippen LogP contribution in [0.1, 0.15) is 52.8 Å². The largest absolute Gasteiger partial charge is 0.414 e. The average Bonchev–Trinajstić information content (AvgIpc) is 2.96. The summed E-state index contributed by atoms with van der Waals surface area (Å²) in [7, 11) is -1.96. The first-order chi connectivity index (χ1) is 12.8. The first kappa shape index (κ1) is 22.6. The van der Waals surface area contributed by atoms with Crippen molar-refractivity contribution in [2.45, 2.75) is 84.5 Å². The number of aromatic amines is 1. The number of aromatic nitrogens is 2. The number of rotatable bonds is 6. The Morgan fingerprint density at radius 2 is 2.00 bits per heavy atom. The van der Waals surface area contributed by atoms with Crippen LogP contribution in [0.25, 0.3) is 0 Å². The maximum absolute atomic E-state index is 12.2. The Balaban J connectivity index is 2.23. The molecule has 2 heterocycles. The number of nitrogens with one attached hydrogen (secondary N) is 1. The molecule has 0 saturated carbocycles. The third kappa shape index (κ3) is 5.21. The van der Waals surface area contributed by atoms with E-state index in [1.165, 1.54) is 10.8 Å². The van der Waals surface area contributed by atoms with Crippen molar-refractivity contribution >= 4 is 14.0 Å². The van der Waals surface area contributed by atoms with Gasteiger partial charge in [0, 0.05) is 18.2 Å². The van der Waals surface area contributed by atoms with Gasteiger partial charge < -0.3 is 14.0 Å². The summed E-state index contributed by atoms with van der Waals surface area (Å²) < 4.78 is 13.8. The second kappa shape index (κ2) is 8.34. The Morgan fingerprint density at radius 1 is 1.36 bits per heavy atom. The van der Waals surface area contributed by atoms with E-state index in [9.17, 15) is 9.59 Å². The lowest BCUT2D eigenvalue weighted by molar-refractivity contribution is -0.0591. The van der Waals surface area contributed by atoms with E-state index in [2.05, 4.69) is 44.0 Å². The maximum Gasteiger partial charge on any atom is 0.330 e. The lowest BCUT2D eigenvalue weighted by Gasteiger charge is -2.37. The Hall–Kier alpha value is -1.71. The molecule has 28 heavy (non-hydrogen) atoms. The lowest BCUT2D eigenvalue weighted by atomic mass is 10.2. The van der Waals surface area contributed by atoms with Gasteiger partial charge in [0.15, 0.2) is 14.4 Å². The topological polar surface area (TPSA) is 94.9 Å². The van der Waals surface area contributed by atoms with Gasteiger partial charge in [-0.2, -0.15) is 0 Å². The van der Waals surface area contributed by atoms with Gasteiger partial charge in [0.2, 0.25) is 0 Å². The molecule has 1 unspecified atom stereocenters. The fourth-order valence-electron chi connectivity index (χ4n) is 2.61. The minimum atomic E-state index is -1.96. The van der Waals surface area contributed by atoms with Gasteiger partial charge in [-0.25, -0.2) is 4.79 Å². The van der Waals surface area contributed by atoms with Gasteiger partial charge in [-0.15, -0.1) is 0 Å². The number of nitrogens with zero attached hydrogens (tertiary/aromatic N) is 2. The predicted octanol–water partition coefficient (Wildman–Crippen LogP) is 2.94. The summed E-state index contributed by atoms with van der Waals surface area (Å²) in [6.07, 6.45) is 0.709. The van der Waals surface area contributed by atoms with E-state index in [0.29, 0.717) is 18.6 Å². The molecule has 0 aliphatic carbocycles. The maximum atomic E-state index is 12.2. The molecule has 0 aromatic carbocycles. The van der Waals surface area contributed by atoms with Crippen LogP contribution in [0.2, 0.25) is 18.1 Å². The van der Waals surface area contributed by atoms with Crippen molar-refractivity contribution in [1.82, 2.24) is 9.55 Å². The van der Waals surface area contributed by atoms with Gasteiger partial charge in [0.25, 0.3) is 5.56 Å². The van der Waals surface area contributed by atoms with Crippen LogP contribution >= 0.6 is 0 Å². The number of ether oxygens (including phenoxy) is 1. The van der Waals surface area contributed by atoms with Gasteiger partial charge in [-0.05, 0) is 38.9 Å². The highest BCUT2D eigenvalue weighted by molar-refractivity contribution is 6.74. The van der Waals surface area contributed by atoms with Crippen molar-refractivity contribution in [3.05, 3.63) is 32.6 Å². The molecule has 8 nitrogen and oxygen atoms in total. The molecule has 1 aromatic rings. The molecule has 1 saturated heterocycles. The molecule has 0 spiro atoms. The summed E-state index contributed by atoms with van der Waals surface area (Å²) in [5, 5.41) is 4.16. The van der Waals surface area contributed by atoms with Crippen LogP contribution < -0.4 is 11.2 Å². The van der Waals surface area contributed by atoms with Gasteiger partial charge in [-0.1, -0.05) is 25.9 Å². The average molecular weight is 412 g/mol. The van der Waals surface area contributed by atoms with Gasteiger partial charge in [-0.3, -0.25) is 14.3 Å². The SMILES string of the molecule is CC(C)=NOC1C[C@H](n2cc(C)c(=O)[nH]c2=O)O[C@@H]1CO[Si](C)(C)C(C)(C)C. The zero-order valence-corrected chi connectivity index (χ0v) is 19.2. The van der Waals surface area contributed by atoms with E-state index >= 15 is 0 Å². The third-order valence-electron chi connectivity index (χ3n) is 5.42. The Bertz CT molecular complexity index is 833. The fourth-order valence-corrected chi connectivity index (χ4v) is 3.63. The summed E-state index contributed by atoms with van der Waals surface area (Å²) in [5.74, 6) is 0. The molecular weight excluding hydrogens is 378 g/mol. The summed E-state index contributed by atoms with van der Waals surface area (Å²) in [5.41, 5.74) is 0.352. The molecule has 1 aliphatic heterocycles. The normalized spacial score (nSPS) is 22.9. The van der Waals surface area contributed by atoms with E-state index < -0.39 is 25.8 Å². The van der Waals surface area contributed by atoms with Crippen molar-refractivity contribution < 1.29 is 14.0 Å². The van der Waals surface area contributed by atoms with Crippen LogP contribution in [-0.4, -0.2) is 42.4 Å². The standard InChI is InChI=1S/C19H33N3O5Si/c1-12(2)21-27-14-9-16(22-10-13(3)17(23)20-18(22)24)26-15(14)11-25-28(7,8)19(4,5)6/h10,14-16H,9,11H2,1-8H3,(H,20,23,24)/t14?,15-,16-/m1/s1. The number of oxime groups is 1. The van der Waals surface area contributed by atoms with E-state index in [0.717, 1.165) is 5.71 Å². The summed E-state index contributed by atoms with van der Waals surface area (Å²) in [6, 6.07) is 0. The van der Waals surface area contributed by atoms with Crippen LogP contribution in [0, 0.1) is 6.92 Å². The molecule has 9 heteroatoms. The molecule has 0 radical (unpaired) electrons. The first-order valence-electron chi connectivity index (χ1n) is 9.60. The minimum Gasteiger partial charge on any atom is -0.414 e. The predicted molar refractivity (Wildman–Crippen MR) is 111 cm³/mol. The van der Waals surface area contributed by atoms with Gasteiger partial charge >= 0.3 is 5.69 Å². The van der Waals surface area contributed by atoms with E-state index in [-0.39, 0.29) is 17.2 Å². The van der Waals surface area contributed by atoms with E-state index in [1.54, 1.807) is 6.92 Å². The Kier molecular flexibility index (Phi) is 6.72. The zero-order valence-electron chi connectivity index (χ0n) is 18.2. The molecule has 3 atom stereocenters. The highest BCUT2D eigenvalue weighted by Gasteiger charge is 2.43. The van der Waals surface area contributed by atoms with Gasteiger partial charge in [0.05, 0.1) is 12.3 Å². The number of H-pyrrole nitrogens is 1. The molecular formula is C19H33N3O5Si. The van der Waals surface area contributed by atoms with Crippen LogP contribution in [-0.2, 0) is 14.0 Å². The van der Waals surface area contributed by atoms with Crippen molar-refractivity contribution in [2.75, 3.05) is 6.61 Å². The molecule has 0 bridgehead atoms. The third-order valence-corrected chi connectivity index (χ3v) is 9.92. The smallest absolute Gasteiger partial charge is 0.330 e. The van der Waals surface area contributed by atoms with E-state index in [4.69, 9.17) is 14.0 Å². The summed E-state index contributed by atoms with van der Waals surface area (Å²) in [6.45, 7) is 16.6. The van der Waals surface area contributed by atoms with Crippen molar-refractivity contribution in [2.24, 2.45) is 5.16 Å². The zero-order chi connectivity index (χ0) is 21.3. The first-order valence-corrected chi connectivity index (χ1v) is 12.5. The minimum absolute atomic E-state index is 0.0759. The second-order valence-electron chi connectivity index (χ2n) is 9.10. The Morgan fingerprint density at radius 3 is 2.57 bits per heavy atom. The molecule has 1 aliphatic rings. The van der Waals surface area contributed by atoms with Gasteiger partial charge in [0.1, 0.15) is 12.3 Å². The quantitative estimate of drug-likeness (QED) is 0.441. The molecule has 0 amide bonds. The number of hydrogen-bond acceptors (Lipinski definition) is 6. The van der Waals surface area contributed by atoms with Crippen LogP contribution in [0.3, 0.4) is 0 Å². The molecule has 1 aromatic heterocycles. The fraction of sp³-hybridized carbons (Fsp3) is 0.737. The molecule has 158 valence electrons. The van der Waals surface area contributed by atoms with E-state index in [1.807, 2.05) is 13.8 Å². The monoisotopic (exact) mass is 411 g/mol. The second-order valence-corrected chi connectivity index (χ2v) is 13.9. The Labute approximate surface area is 167 Å². The van der Waals surface area contributed by atoms with Crippen LogP contribution in [0.4, 0.5) is 0 Å². The number of aryl methyl sites for hydroxylation is 1.